The van der Waals surface area contributed by atoms with Gasteiger partial charge in [0.2, 0.25) is 0 Å². The standard InChI is InChI=1S/C12H23N3/c1-2-11(1)9-15-8-7-14-10-12(15)3-5-13-6-4-12/h11,13-14H,1-10H2. The number of hydrogen-bond donors (Lipinski definition) is 2. The topological polar surface area (TPSA) is 27.3 Å². The highest BCUT2D eigenvalue weighted by Crippen LogP contribution is 2.35. The molecule has 2 heterocycles. The zero-order chi connectivity index (χ0) is 10.1. The second kappa shape index (κ2) is 4.04. The van der Waals surface area contributed by atoms with Gasteiger partial charge >= 0.3 is 0 Å². The first-order valence-electron chi connectivity index (χ1n) is 6.56. The third kappa shape index (κ3) is 2.05. The SMILES string of the molecule is C1CC2(CCN1)CNCCN2CC1CC1. The minimum absolute atomic E-state index is 0.506. The average Bonchev–Trinajstić information content (AvgIpc) is 3.07. The summed E-state index contributed by atoms with van der Waals surface area (Å²) in [6.45, 7) is 7.49. The molecular formula is C12H23N3. The van der Waals surface area contributed by atoms with E-state index in [4.69, 9.17) is 0 Å². The van der Waals surface area contributed by atoms with Crippen LogP contribution in [0, 0.1) is 5.92 Å². The van der Waals surface area contributed by atoms with Crippen molar-refractivity contribution in [3.63, 3.8) is 0 Å². The van der Waals surface area contributed by atoms with Gasteiger partial charge in [-0.15, -0.1) is 0 Å². The van der Waals surface area contributed by atoms with Gasteiger partial charge in [-0.25, -0.2) is 0 Å². The van der Waals surface area contributed by atoms with Crippen LogP contribution in [0.25, 0.3) is 0 Å². The summed E-state index contributed by atoms with van der Waals surface area (Å²) in [6, 6.07) is 0. The lowest BCUT2D eigenvalue weighted by Crippen LogP contribution is -2.64. The van der Waals surface area contributed by atoms with E-state index in [0.29, 0.717) is 5.54 Å². The fourth-order valence-corrected chi connectivity index (χ4v) is 3.17. The van der Waals surface area contributed by atoms with Crippen molar-refractivity contribution in [3.8, 4) is 0 Å². The highest BCUT2D eigenvalue weighted by Gasteiger charge is 2.41. The van der Waals surface area contributed by atoms with Gasteiger partial charge in [-0.3, -0.25) is 4.90 Å². The van der Waals surface area contributed by atoms with Gasteiger partial charge in [0.1, 0.15) is 0 Å². The Hall–Kier alpha value is -0.120. The molecule has 0 unspecified atom stereocenters. The Bertz CT molecular complexity index is 211. The molecule has 86 valence electrons. The van der Waals surface area contributed by atoms with Crippen LogP contribution in [-0.2, 0) is 0 Å². The van der Waals surface area contributed by atoms with Gasteiger partial charge in [0, 0.05) is 31.7 Å². The van der Waals surface area contributed by atoms with Crippen LogP contribution in [0.3, 0.4) is 0 Å². The Labute approximate surface area is 92.6 Å². The maximum Gasteiger partial charge on any atom is 0.0358 e. The summed E-state index contributed by atoms with van der Waals surface area (Å²) in [5, 5.41) is 7.09. The van der Waals surface area contributed by atoms with E-state index in [9.17, 15) is 0 Å². The number of piperazine rings is 1. The van der Waals surface area contributed by atoms with E-state index in [1.807, 2.05) is 0 Å². The summed E-state index contributed by atoms with van der Waals surface area (Å²) in [7, 11) is 0. The van der Waals surface area contributed by atoms with Crippen molar-refractivity contribution >= 4 is 0 Å². The van der Waals surface area contributed by atoms with Crippen molar-refractivity contribution in [1.29, 1.82) is 0 Å². The van der Waals surface area contributed by atoms with Gasteiger partial charge in [0.05, 0.1) is 0 Å². The van der Waals surface area contributed by atoms with Crippen LogP contribution < -0.4 is 10.6 Å². The number of piperidine rings is 1. The average molecular weight is 209 g/mol. The van der Waals surface area contributed by atoms with Gasteiger partial charge in [-0.1, -0.05) is 0 Å². The van der Waals surface area contributed by atoms with Gasteiger partial charge in [0.25, 0.3) is 0 Å². The third-order valence-corrected chi connectivity index (χ3v) is 4.39. The maximum atomic E-state index is 3.60. The monoisotopic (exact) mass is 209 g/mol. The summed E-state index contributed by atoms with van der Waals surface area (Å²) in [5.41, 5.74) is 0.506. The first kappa shape index (κ1) is 10.1. The normalized spacial score (nSPS) is 32.0. The van der Waals surface area contributed by atoms with Crippen LogP contribution in [0.5, 0.6) is 0 Å². The summed E-state index contributed by atoms with van der Waals surface area (Å²) in [4.78, 5) is 2.81. The van der Waals surface area contributed by atoms with E-state index >= 15 is 0 Å². The Balaban J connectivity index is 1.69. The molecule has 3 aliphatic rings. The molecule has 0 atom stereocenters. The molecule has 0 aromatic heterocycles. The molecule has 2 saturated heterocycles. The lowest BCUT2D eigenvalue weighted by molar-refractivity contribution is 0.0293. The van der Waals surface area contributed by atoms with Crippen molar-refractivity contribution in [2.75, 3.05) is 39.3 Å². The molecule has 3 nitrogen and oxygen atoms in total. The molecule has 1 saturated carbocycles. The van der Waals surface area contributed by atoms with Crippen LogP contribution in [-0.4, -0.2) is 49.7 Å². The summed E-state index contributed by atoms with van der Waals surface area (Å²) in [5.74, 6) is 1.04. The minimum atomic E-state index is 0.506. The Morgan fingerprint density at radius 1 is 1.07 bits per heavy atom. The van der Waals surface area contributed by atoms with Crippen molar-refractivity contribution in [2.45, 2.75) is 31.2 Å². The largest absolute Gasteiger partial charge is 0.317 e. The van der Waals surface area contributed by atoms with Crippen molar-refractivity contribution < 1.29 is 0 Å². The molecule has 0 aromatic carbocycles. The van der Waals surface area contributed by atoms with Crippen LogP contribution in [0.15, 0.2) is 0 Å². The molecule has 0 aromatic rings. The highest BCUT2D eigenvalue weighted by molar-refractivity contribution is 5.00. The first-order valence-corrected chi connectivity index (χ1v) is 6.56. The predicted octanol–water partition coefficient (Wildman–Crippen LogP) is 0.424. The van der Waals surface area contributed by atoms with Gasteiger partial charge in [-0.05, 0) is 44.7 Å². The maximum absolute atomic E-state index is 3.60. The Morgan fingerprint density at radius 3 is 2.60 bits per heavy atom. The smallest absolute Gasteiger partial charge is 0.0358 e. The van der Waals surface area contributed by atoms with E-state index in [-0.39, 0.29) is 0 Å². The summed E-state index contributed by atoms with van der Waals surface area (Å²) < 4.78 is 0. The molecule has 3 heteroatoms. The molecule has 0 radical (unpaired) electrons. The third-order valence-electron chi connectivity index (χ3n) is 4.39. The van der Waals surface area contributed by atoms with Gasteiger partial charge in [-0.2, -0.15) is 0 Å². The molecule has 2 aliphatic heterocycles. The fourth-order valence-electron chi connectivity index (χ4n) is 3.17. The van der Waals surface area contributed by atoms with Crippen LogP contribution in [0.4, 0.5) is 0 Å². The highest BCUT2D eigenvalue weighted by atomic mass is 15.3. The quantitative estimate of drug-likeness (QED) is 0.690. The Kier molecular flexibility index (Phi) is 2.71. The zero-order valence-corrected chi connectivity index (χ0v) is 9.60. The number of nitrogens with one attached hydrogen (secondary N) is 2. The van der Waals surface area contributed by atoms with E-state index in [1.165, 1.54) is 65.0 Å². The molecule has 3 fully saturated rings. The second-order valence-corrected chi connectivity index (χ2v) is 5.54. The molecular weight excluding hydrogens is 186 g/mol. The molecule has 1 aliphatic carbocycles. The van der Waals surface area contributed by atoms with E-state index in [2.05, 4.69) is 15.5 Å². The molecule has 3 rings (SSSR count). The van der Waals surface area contributed by atoms with Gasteiger partial charge < -0.3 is 10.6 Å². The van der Waals surface area contributed by atoms with E-state index in [0.717, 1.165) is 5.92 Å². The van der Waals surface area contributed by atoms with Crippen LogP contribution in [0.1, 0.15) is 25.7 Å². The zero-order valence-electron chi connectivity index (χ0n) is 9.60. The van der Waals surface area contributed by atoms with Crippen molar-refractivity contribution in [2.24, 2.45) is 5.92 Å². The number of hydrogen-bond acceptors (Lipinski definition) is 3. The molecule has 1 spiro atoms. The Morgan fingerprint density at radius 2 is 1.87 bits per heavy atom. The molecule has 15 heavy (non-hydrogen) atoms. The van der Waals surface area contributed by atoms with E-state index in [1.54, 1.807) is 0 Å². The second-order valence-electron chi connectivity index (χ2n) is 5.54. The molecule has 0 amide bonds. The minimum Gasteiger partial charge on any atom is -0.317 e. The lowest BCUT2D eigenvalue weighted by atomic mass is 9.84. The van der Waals surface area contributed by atoms with Gasteiger partial charge in [0.15, 0.2) is 0 Å². The summed E-state index contributed by atoms with van der Waals surface area (Å²) >= 11 is 0. The number of nitrogens with zero attached hydrogens (tertiary/aromatic N) is 1. The molecule has 0 bridgehead atoms. The van der Waals surface area contributed by atoms with Crippen LogP contribution >= 0.6 is 0 Å². The van der Waals surface area contributed by atoms with E-state index < -0.39 is 0 Å². The molecule has 2 N–H and O–H groups in total. The fraction of sp³-hybridized carbons (Fsp3) is 1.00. The predicted molar refractivity (Wildman–Crippen MR) is 62.0 cm³/mol. The number of rotatable bonds is 2. The van der Waals surface area contributed by atoms with Crippen LogP contribution in [0.2, 0.25) is 0 Å². The summed E-state index contributed by atoms with van der Waals surface area (Å²) in [6.07, 6.45) is 5.65. The lowest BCUT2D eigenvalue weighted by Gasteiger charge is -2.50. The first-order chi connectivity index (χ1) is 7.39. The van der Waals surface area contributed by atoms with Crippen molar-refractivity contribution in [1.82, 2.24) is 15.5 Å². The van der Waals surface area contributed by atoms with Crippen molar-refractivity contribution in [3.05, 3.63) is 0 Å².